The molecule has 4 aromatic rings. The fraction of sp³-hybridized carbons (Fsp3) is 0.240. The first-order chi connectivity index (χ1) is 14.1. The van der Waals surface area contributed by atoms with E-state index in [1.165, 1.54) is 22.9 Å². The van der Waals surface area contributed by atoms with Crippen LogP contribution in [0.3, 0.4) is 0 Å². The number of fused-ring (bicyclic) bond motifs is 2. The topological polar surface area (TPSA) is 21.1 Å². The van der Waals surface area contributed by atoms with E-state index in [9.17, 15) is 4.39 Å². The van der Waals surface area contributed by atoms with Gasteiger partial charge in [-0.2, -0.15) is 0 Å². The zero-order valence-electron chi connectivity index (χ0n) is 16.8. The Labute approximate surface area is 170 Å². The van der Waals surface area contributed by atoms with E-state index >= 15 is 0 Å². The molecule has 5 rings (SSSR count). The smallest absolute Gasteiger partial charge is 0.153 e. The molecule has 1 aliphatic heterocycles. The SMILES string of the molecule is Cc1c(C)n(Cc2ccccc2)c2c(N3CCc4ccccc4C3)ncc(F)c12. The Hall–Kier alpha value is -3.14. The first-order valence-corrected chi connectivity index (χ1v) is 10.1. The van der Waals surface area contributed by atoms with Crippen LogP contribution < -0.4 is 4.90 Å². The standard InChI is InChI=1S/C25H24FN3/c1-17-18(2)29(15-19-8-4-3-5-9-19)24-23(17)22(26)14-27-25(24)28-13-12-20-10-6-7-11-21(20)16-28/h3-11,14H,12-13,15-16H2,1-2H3. The number of aryl methyl sites for hydroxylation is 1. The third kappa shape index (κ3) is 3.00. The molecule has 0 amide bonds. The fourth-order valence-electron chi connectivity index (χ4n) is 4.50. The molecule has 0 spiro atoms. The summed E-state index contributed by atoms with van der Waals surface area (Å²) in [5, 5.41) is 0.697. The van der Waals surface area contributed by atoms with E-state index in [1.807, 2.05) is 25.1 Å². The maximum atomic E-state index is 14.9. The molecule has 29 heavy (non-hydrogen) atoms. The summed E-state index contributed by atoms with van der Waals surface area (Å²) < 4.78 is 17.1. The Morgan fingerprint density at radius 3 is 2.48 bits per heavy atom. The highest BCUT2D eigenvalue weighted by molar-refractivity contribution is 5.94. The molecule has 0 atom stereocenters. The Balaban J connectivity index is 1.67. The number of pyridine rings is 1. The van der Waals surface area contributed by atoms with Gasteiger partial charge in [-0.25, -0.2) is 9.37 Å². The van der Waals surface area contributed by atoms with Crippen LogP contribution in [0.5, 0.6) is 0 Å². The van der Waals surface area contributed by atoms with Gasteiger partial charge in [0.2, 0.25) is 0 Å². The second-order valence-corrected chi connectivity index (χ2v) is 7.88. The summed E-state index contributed by atoms with van der Waals surface area (Å²) in [6.07, 6.45) is 2.37. The quantitative estimate of drug-likeness (QED) is 0.471. The van der Waals surface area contributed by atoms with Gasteiger partial charge in [0, 0.05) is 30.7 Å². The van der Waals surface area contributed by atoms with Crippen LogP contribution in [0.25, 0.3) is 10.9 Å². The van der Waals surface area contributed by atoms with E-state index in [-0.39, 0.29) is 5.82 Å². The average Bonchev–Trinajstić information content (AvgIpc) is 3.00. The molecule has 0 saturated carbocycles. The molecule has 0 radical (unpaired) electrons. The molecule has 1 aliphatic rings. The van der Waals surface area contributed by atoms with Gasteiger partial charge in [0.05, 0.1) is 11.7 Å². The lowest BCUT2D eigenvalue weighted by Gasteiger charge is -2.30. The number of benzene rings is 2. The number of anilines is 1. The van der Waals surface area contributed by atoms with Gasteiger partial charge in [-0.15, -0.1) is 0 Å². The van der Waals surface area contributed by atoms with Crippen molar-refractivity contribution in [1.29, 1.82) is 0 Å². The summed E-state index contributed by atoms with van der Waals surface area (Å²) in [4.78, 5) is 6.89. The van der Waals surface area contributed by atoms with E-state index < -0.39 is 0 Å². The van der Waals surface area contributed by atoms with Crippen molar-refractivity contribution in [2.45, 2.75) is 33.4 Å². The molecule has 3 heterocycles. The van der Waals surface area contributed by atoms with Crippen molar-refractivity contribution >= 4 is 16.7 Å². The Morgan fingerprint density at radius 2 is 1.69 bits per heavy atom. The van der Waals surface area contributed by atoms with E-state index in [2.05, 4.69) is 57.8 Å². The summed E-state index contributed by atoms with van der Waals surface area (Å²) in [5.41, 5.74) is 6.92. The predicted octanol–water partition coefficient (Wildman–Crippen LogP) is 5.40. The minimum absolute atomic E-state index is 0.242. The third-order valence-electron chi connectivity index (χ3n) is 6.19. The number of hydrogen-bond donors (Lipinski definition) is 0. The summed E-state index contributed by atoms with van der Waals surface area (Å²) in [6, 6.07) is 18.9. The lowest BCUT2D eigenvalue weighted by molar-refractivity contribution is 0.631. The Morgan fingerprint density at radius 1 is 0.966 bits per heavy atom. The number of rotatable bonds is 3. The van der Waals surface area contributed by atoms with Gasteiger partial charge in [0.1, 0.15) is 0 Å². The van der Waals surface area contributed by atoms with E-state index in [0.717, 1.165) is 42.1 Å². The van der Waals surface area contributed by atoms with Crippen LogP contribution >= 0.6 is 0 Å². The van der Waals surface area contributed by atoms with Crippen LogP contribution in [0.2, 0.25) is 0 Å². The highest BCUT2D eigenvalue weighted by Gasteiger charge is 2.24. The normalized spacial score (nSPS) is 13.7. The van der Waals surface area contributed by atoms with E-state index in [0.29, 0.717) is 11.9 Å². The zero-order valence-corrected chi connectivity index (χ0v) is 16.8. The van der Waals surface area contributed by atoms with Gasteiger partial charge in [-0.3, -0.25) is 0 Å². The first-order valence-electron chi connectivity index (χ1n) is 10.1. The third-order valence-corrected chi connectivity index (χ3v) is 6.19. The molecular formula is C25H24FN3. The van der Waals surface area contributed by atoms with Crippen molar-refractivity contribution in [2.75, 3.05) is 11.4 Å². The van der Waals surface area contributed by atoms with Crippen molar-refractivity contribution in [3.05, 3.63) is 94.6 Å². The summed E-state index contributed by atoms with van der Waals surface area (Å²) in [5.74, 6) is 0.636. The van der Waals surface area contributed by atoms with Crippen molar-refractivity contribution in [3.63, 3.8) is 0 Å². The molecule has 2 aromatic carbocycles. The predicted molar refractivity (Wildman–Crippen MR) is 116 cm³/mol. The maximum absolute atomic E-state index is 14.9. The molecule has 146 valence electrons. The molecular weight excluding hydrogens is 361 g/mol. The highest BCUT2D eigenvalue weighted by Crippen LogP contribution is 2.35. The van der Waals surface area contributed by atoms with Crippen LogP contribution in [-0.4, -0.2) is 16.1 Å². The minimum atomic E-state index is -0.242. The van der Waals surface area contributed by atoms with Gasteiger partial charge >= 0.3 is 0 Å². The van der Waals surface area contributed by atoms with E-state index in [1.54, 1.807) is 0 Å². The second-order valence-electron chi connectivity index (χ2n) is 7.88. The van der Waals surface area contributed by atoms with Crippen molar-refractivity contribution in [3.8, 4) is 0 Å². The largest absolute Gasteiger partial charge is 0.350 e. The first kappa shape index (κ1) is 17.9. The molecule has 0 saturated heterocycles. The van der Waals surface area contributed by atoms with Gasteiger partial charge in [-0.1, -0.05) is 54.6 Å². The van der Waals surface area contributed by atoms with Crippen LogP contribution in [0, 0.1) is 19.7 Å². The van der Waals surface area contributed by atoms with Crippen LogP contribution in [0.15, 0.2) is 60.8 Å². The van der Waals surface area contributed by atoms with Crippen LogP contribution in [0.4, 0.5) is 10.2 Å². The fourth-order valence-corrected chi connectivity index (χ4v) is 4.50. The summed E-state index contributed by atoms with van der Waals surface area (Å²) >= 11 is 0. The van der Waals surface area contributed by atoms with Gasteiger partial charge < -0.3 is 9.47 Å². The molecule has 0 fully saturated rings. The minimum Gasteiger partial charge on any atom is -0.350 e. The molecule has 4 heteroatoms. The number of hydrogen-bond acceptors (Lipinski definition) is 2. The highest BCUT2D eigenvalue weighted by atomic mass is 19.1. The average molecular weight is 385 g/mol. The Kier molecular flexibility index (Phi) is 4.35. The molecule has 0 bridgehead atoms. The van der Waals surface area contributed by atoms with Gasteiger partial charge in [-0.05, 0) is 42.5 Å². The van der Waals surface area contributed by atoms with Crippen LogP contribution in [0.1, 0.15) is 27.9 Å². The second kappa shape index (κ2) is 7.03. The molecule has 3 nitrogen and oxygen atoms in total. The van der Waals surface area contributed by atoms with Crippen molar-refractivity contribution < 1.29 is 4.39 Å². The molecule has 2 aromatic heterocycles. The maximum Gasteiger partial charge on any atom is 0.153 e. The number of aromatic nitrogens is 2. The summed E-state index contributed by atoms with van der Waals surface area (Å²) in [6.45, 7) is 6.49. The summed E-state index contributed by atoms with van der Waals surface area (Å²) in [7, 11) is 0. The van der Waals surface area contributed by atoms with E-state index in [4.69, 9.17) is 0 Å². The lowest BCUT2D eigenvalue weighted by atomic mass is 10.00. The number of nitrogens with zero attached hydrogens (tertiary/aromatic N) is 3. The van der Waals surface area contributed by atoms with Gasteiger partial charge in [0.15, 0.2) is 11.6 Å². The number of halogens is 1. The molecule has 0 N–H and O–H groups in total. The zero-order chi connectivity index (χ0) is 20.0. The van der Waals surface area contributed by atoms with Crippen LogP contribution in [-0.2, 0) is 19.5 Å². The lowest BCUT2D eigenvalue weighted by Crippen LogP contribution is -2.31. The van der Waals surface area contributed by atoms with Crippen molar-refractivity contribution in [1.82, 2.24) is 9.55 Å². The monoisotopic (exact) mass is 385 g/mol. The Bertz CT molecular complexity index is 1190. The van der Waals surface area contributed by atoms with Gasteiger partial charge in [0.25, 0.3) is 0 Å². The molecule has 0 unspecified atom stereocenters. The molecule has 0 aliphatic carbocycles. The van der Waals surface area contributed by atoms with Crippen molar-refractivity contribution in [2.24, 2.45) is 0 Å².